The molecule has 0 aromatic heterocycles. The quantitative estimate of drug-likeness (QED) is 0.748. The minimum Gasteiger partial charge on any atom is -0.497 e. The van der Waals surface area contributed by atoms with Crippen LogP contribution in [0.15, 0.2) is 24.3 Å². The van der Waals surface area contributed by atoms with E-state index < -0.39 is 11.9 Å². The van der Waals surface area contributed by atoms with E-state index in [-0.39, 0.29) is 6.04 Å². The number of carbonyl (C=O) groups is 2. The first-order valence-corrected chi connectivity index (χ1v) is 4.72. The molecule has 0 heterocycles. The maximum atomic E-state index is 10.9. The number of aliphatic carboxylic acids is 1. The highest BCUT2D eigenvalue weighted by Crippen LogP contribution is 2.16. The molecule has 0 saturated carbocycles. The van der Waals surface area contributed by atoms with Gasteiger partial charge < -0.3 is 15.2 Å². The molecule has 1 aromatic carbocycles. The van der Waals surface area contributed by atoms with Gasteiger partial charge in [0.15, 0.2) is 0 Å². The van der Waals surface area contributed by atoms with E-state index in [4.69, 9.17) is 9.84 Å². The van der Waals surface area contributed by atoms with Crippen molar-refractivity contribution in [3.8, 4) is 5.75 Å². The van der Waals surface area contributed by atoms with Crippen molar-refractivity contribution < 1.29 is 19.4 Å². The Bertz CT molecular complexity index is 385. The molecule has 0 fully saturated rings. The van der Waals surface area contributed by atoms with Crippen molar-refractivity contribution >= 4 is 11.9 Å². The van der Waals surface area contributed by atoms with E-state index in [1.54, 1.807) is 38.3 Å². The summed E-state index contributed by atoms with van der Waals surface area (Å²) in [4.78, 5) is 21.2. The van der Waals surface area contributed by atoms with Gasteiger partial charge in [0.25, 0.3) is 0 Å². The highest BCUT2D eigenvalue weighted by Gasteiger charge is 2.15. The maximum absolute atomic E-state index is 10.9. The Balaban J connectivity index is 2.69. The number of methoxy groups -OCH3 is 1. The summed E-state index contributed by atoms with van der Waals surface area (Å²) in [6.07, 6.45) is 0. The third-order valence-corrected chi connectivity index (χ3v) is 2.16. The van der Waals surface area contributed by atoms with Gasteiger partial charge >= 0.3 is 11.9 Å². The molecular weight excluding hydrogens is 210 g/mol. The fourth-order valence-electron chi connectivity index (χ4n) is 1.23. The molecule has 0 aliphatic rings. The molecule has 5 nitrogen and oxygen atoms in total. The van der Waals surface area contributed by atoms with Gasteiger partial charge in [-0.25, -0.2) is 4.79 Å². The molecule has 1 amide bonds. The first-order valence-electron chi connectivity index (χ1n) is 4.72. The predicted molar refractivity (Wildman–Crippen MR) is 57.2 cm³/mol. The maximum Gasteiger partial charge on any atom is 0.394 e. The second-order valence-corrected chi connectivity index (χ2v) is 3.27. The van der Waals surface area contributed by atoms with Crippen LogP contribution >= 0.6 is 0 Å². The standard InChI is InChI=1S/C11H13NO4/c1-7(12-10(13)11(14)15)8-3-5-9(16-2)6-4-8/h3-7H,1-2H3,(H,12,13)(H,14,15)/t7-/m0/s1. The van der Waals surface area contributed by atoms with Gasteiger partial charge in [-0.15, -0.1) is 0 Å². The van der Waals surface area contributed by atoms with E-state index in [1.807, 2.05) is 0 Å². The summed E-state index contributed by atoms with van der Waals surface area (Å²) in [5, 5.41) is 10.8. The van der Waals surface area contributed by atoms with E-state index in [0.717, 1.165) is 5.56 Å². The fourth-order valence-corrected chi connectivity index (χ4v) is 1.23. The molecular formula is C11H13NO4. The van der Waals surface area contributed by atoms with Crippen molar-refractivity contribution in [2.75, 3.05) is 7.11 Å². The Labute approximate surface area is 93.0 Å². The number of rotatable bonds is 3. The zero-order valence-corrected chi connectivity index (χ0v) is 9.06. The number of carboxylic acid groups (broad SMARTS) is 1. The molecule has 0 saturated heterocycles. The summed E-state index contributed by atoms with van der Waals surface area (Å²) in [5.41, 5.74) is 0.815. The van der Waals surface area contributed by atoms with Gasteiger partial charge in [-0.3, -0.25) is 4.79 Å². The molecule has 2 N–H and O–H groups in total. The molecule has 1 rings (SSSR count). The third-order valence-electron chi connectivity index (χ3n) is 2.16. The van der Waals surface area contributed by atoms with Crippen molar-refractivity contribution in [3.05, 3.63) is 29.8 Å². The highest BCUT2D eigenvalue weighted by atomic mass is 16.5. The molecule has 0 unspecified atom stereocenters. The van der Waals surface area contributed by atoms with Crippen LogP contribution in [0.2, 0.25) is 0 Å². The van der Waals surface area contributed by atoms with Crippen LogP contribution in [0.5, 0.6) is 5.75 Å². The second-order valence-electron chi connectivity index (χ2n) is 3.27. The van der Waals surface area contributed by atoms with E-state index in [9.17, 15) is 9.59 Å². The van der Waals surface area contributed by atoms with Crippen molar-refractivity contribution in [3.63, 3.8) is 0 Å². The van der Waals surface area contributed by atoms with Gasteiger partial charge in [-0.2, -0.15) is 0 Å². The molecule has 16 heavy (non-hydrogen) atoms. The summed E-state index contributed by atoms with van der Waals surface area (Å²) in [6.45, 7) is 1.71. The van der Waals surface area contributed by atoms with Gasteiger partial charge in [-0.1, -0.05) is 12.1 Å². The summed E-state index contributed by atoms with van der Waals surface area (Å²) in [6, 6.07) is 6.68. The zero-order valence-electron chi connectivity index (χ0n) is 9.06. The van der Waals surface area contributed by atoms with Crippen LogP contribution in [0.4, 0.5) is 0 Å². The van der Waals surface area contributed by atoms with Crippen LogP contribution < -0.4 is 10.1 Å². The molecule has 1 aromatic rings. The lowest BCUT2D eigenvalue weighted by Gasteiger charge is -2.12. The number of carboxylic acids is 1. The number of benzene rings is 1. The van der Waals surface area contributed by atoms with E-state index in [1.165, 1.54) is 0 Å². The summed E-state index contributed by atoms with van der Waals surface area (Å²) < 4.78 is 4.99. The first kappa shape index (κ1) is 12.0. The summed E-state index contributed by atoms with van der Waals surface area (Å²) >= 11 is 0. The van der Waals surface area contributed by atoms with Gasteiger partial charge in [0.1, 0.15) is 5.75 Å². The molecule has 5 heteroatoms. The number of hydrogen-bond acceptors (Lipinski definition) is 3. The normalized spacial score (nSPS) is 11.6. The van der Waals surface area contributed by atoms with Crippen molar-refractivity contribution in [2.45, 2.75) is 13.0 Å². The minimum atomic E-state index is -1.49. The number of amides is 1. The molecule has 0 aliphatic carbocycles. The smallest absolute Gasteiger partial charge is 0.394 e. The van der Waals surface area contributed by atoms with Crippen LogP contribution in [0.1, 0.15) is 18.5 Å². The van der Waals surface area contributed by atoms with Gasteiger partial charge in [-0.05, 0) is 24.6 Å². The lowest BCUT2D eigenvalue weighted by molar-refractivity contribution is -0.150. The number of carbonyl (C=O) groups excluding carboxylic acids is 1. The largest absolute Gasteiger partial charge is 0.497 e. The van der Waals surface area contributed by atoms with Crippen LogP contribution in [0.25, 0.3) is 0 Å². The van der Waals surface area contributed by atoms with Gasteiger partial charge in [0.2, 0.25) is 0 Å². The lowest BCUT2D eigenvalue weighted by Crippen LogP contribution is -2.32. The van der Waals surface area contributed by atoms with Crippen molar-refractivity contribution in [2.24, 2.45) is 0 Å². The van der Waals surface area contributed by atoms with Gasteiger partial charge in [0.05, 0.1) is 13.2 Å². The topological polar surface area (TPSA) is 75.6 Å². The molecule has 0 radical (unpaired) electrons. The Kier molecular flexibility index (Phi) is 3.88. The monoisotopic (exact) mass is 223 g/mol. The van der Waals surface area contributed by atoms with E-state index >= 15 is 0 Å². The Morgan fingerprint density at radius 2 is 1.88 bits per heavy atom. The SMILES string of the molecule is COc1ccc([C@H](C)NC(=O)C(=O)O)cc1. The Hall–Kier alpha value is -2.04. The number of nitrogens with one attached hydrogen (secondary N) is 1. The van der Waals surface area contributed by atoms with Crippen molar-refractivity contribution in [1.82, 2.24) is 5.32 Å². The molecule has 0 aliphatic heterocycles. The van der Waals surface area contributed by atoms with Crippen LogP contribution in [0.3, 0.4) is 0 Å². The van der Waals surface area contributed by atoms with Gasteiger partial charge in [0, 0.05) is 0 Å². The molecule has 86 valence electrons. The average Bonchev–Trinajstić information content (AvgIpc) is 2.28. The molecule has 1 atom stereocenters. The van der Waals surface area contributed by atoms with Crippen LogP contribution in [0, 0.1) is 0 Å². The highest BCUT2D eigenvalue weighted by molar-refractivity contribution is 6.31. The van der Waals surface area contributed by atoms with Crippen LogP contribution in [-0.4, -0.2) is 24.1 Å². The third kappa shape index (κ3) is 2.98. The van der Waals surface area contributed by atoms with Crippen LogP contribution in [-0.2, 0) is 9.59 Å². The zero-order chi connectivity index (χ0) is 12.1. The van der Waals surface area contributed by atoms with E-state index in [0.29, 0.717) is 5.75 Å². The Morgan fingerprint density at radius 3 is 2.31 bits per heavy atom. The second kappa shape index (κ2) is 5.16. The molecule has 0 spiro atoms. The predicted octanol–water partition coefficient (Wildman–Crippen LogP) is 0.957. The Morgan fingerprint density at radius 1 is 1.31 bits per heavy atom. The average molecular weight is 223 g/mol. The van der Waals surface area contributed by atoms with E-state index in [2.05, 4.69) is 5.32 Å². The lowest BCUT2D eigenvalue weighted by atomic mass is 10.1. The summed E-state index contributed by atoms with van der Waals surface area (Å²) in [7, 11) is 1.56. The number of ether oxygens (including phenoxy) is 1. The summed E-state index contributed by atoms with van der Waals surface area (Å²) in [5.74, 6) is -1.79. The first-order chi connectivity index (χ1) is 7.54. The fraction of sp³-hybridized carbons (Fsp3) is 0.273. The van der Waals surface area contributed by atoms with Crippen molar-refractivity contribution in [1.29, 1.82) is 0 Å². The number of hydrogen-bond donors (Lipinski definition) is 2. The minimum absolute atomic E-state index is 0.352. The molecule has 0 bridgehead atoms.